The van der Waals surface area contributed by atoms with Gasteiger partial charge in [-0.2, -0.15) is 0 Å². The SMILES string of the molecule is O=C(N[C@@H]1CCCNC1=O)c1cncc(Cc2cccc(F)c2)c1. The summed E-state index contributed by atoms with van der Waals surface area (Å²) < 4.78 is 13.3. The van der Waals surface area contributed by atoms with Gasteiger partial charge in [0.25, 0.3) is 5.91 Å². The normalized spacial score (nSPS) is 17.2. The lowest BCUT2D eigenvalue weighted by Crippen LogP contribution is -2.50. The predicted octanol–water partition coefficient (Wildman–Crippen LogP) is 1.82. The fourth-order valence-corrected chi connectivity index (χ4v) is 2.74. The molecule has 1 fully saturated rings. The number of hydrogen-bond donors (Lipinski definition) is 2. The molecule has 3 rings (SSSR count). The van der Waals surface area contributed by atoms with E-state index in [-0.39, 0.29) is 17.6 Å². The molecule has 24 heavy (non-hydrogen) atoms. The van der Waals surface area contributed by atoms with Gasteiger partial charge >= 0.3 is 0 Å². The third kappa shape index (κ3) is 3.95. The first-order valence-electron chi connectivity index (χ1n) is 7.89. The summed E-state index contributed by atoms with van der Waals surface area (Å²) in [4.78, 5) is 28.1. The zero-order valence-corrected chi connectivity index (χ0v) is 13.1. The zero-order chi connectivity index (χ0) is 16.9. The largest absolute Gasteiger partial charge is 0.354 e. The van der Waals surface area contributed by atoms with Crippen molar-refractivity contribution in [2.24, 2.45) is 0 Å². The molecule has 124 valence electrons. The average Bonchev–Trinajstić information content (AvgIpc) is 2.57. The molecule has 2 N–H and O–H groups in total. The molecular weight excluding hydrogens is 309 g/mol. The van der Waals surface area contributed by atoms with Crippen molar-refractivity contribution in [1.82, 2.24) is 15.6 Å². The first kappa shape index (κ1) is 16.1. The van der Waals surface area contributed by atoms with Gasteiger partial charge in [-0.1, -0.05) is 12.1 Å². The number of benzene rings is 1. The quantitative estimate of drug-likeness (QED) is 0.900. The van der Waals surface area contributed by atoms with Gasteiger partial charge in [0.05, 0.1) is 5.56 Å². The molecule has 2 aromatic rings. The maximum Gasteiger partial charge on any atom is 0.253 e. The minimum Gasteiger partial charge on any atom is -0.354 e. The maximum absolute atomic E-state index is 13.3. The maximum atomic E-state index is 13.3. The molecule has 1 atom stereocenters. The van der Waals surface area contributed by atoms with Crippen LogP contribution in [0.2, 0.25) is 0 Å². The molecule has 0 spiro atoms. The lowest BCUT2D eigenvalue weighted by Gasteiger charge is -2.22. The molecule has 6 heteroatoms. The summed E-state index contributed by atoms with van der Waals surface area (Å²) in [7, 11) is 0. The van der Waals surface area contributed by atoms with Crippen LogP contribution in [0.4, 0.5) is 4.39 Å². The molecule has 1 saturated heterocycles. The highest BCUT2D eigenvalue weighted by atomic mass is 19.1. The van der Waals surface area contributed by atoms with E-state index < -0.39 is 6.04 Å². The van der Waals surface area contributed by atoms with Crippen molar-refractivity contribution in [3.05, 3.63) is 65.2 Å². The lowest BCUT2D eigenvalue weighted by molar-refractivity contribution is -0.124. The number of aromatic nitrogens is 1. The van der Waals surface area contributed by atoms with E-state index in [0.29, 0.717) is 24.9 Å². The third-order valence-electron chi connectivity index (χ3n) is 3.94. The number of halogens is 1. The summed E-state index contributed by atoms with van der Waals surface area (Å²) in [6.45, 7) is 0.649. The molecule has 1 aliphatic heterocycles. The summed E-state index contributed by atoms with van der Waals surface area (Å²) in [5, 5.41) is 5.47. The molecule has 1 aromatic heterocycles. The van der Waals surface area contributed by atoms with Gasteiger partial charge in [-0.15, -0.1) is 0 Å². The third-order valence-corrected chi connectivity index (χ3v) is 3.94. The van der Waals surface area contributed by atoms with Gasteiger partial charge < -0.3 is 10.6 Å². The minimum atomic E-state index is -0.502. The van der Waals surface area contributed by atoms with Crippen LogP contribution in [-0.2, 0) is 11.2 Å². The van der Waals surface area contributed by atoms with Crippen LogP contribution in [0, 0.1) is 5.82 Å². The van der Waals surface area contributed by atoms with Crippen molar-refractivity contribution in [3.8, 4) is 0 Å². The molecule has 1 aliphatic rings. The number of nitrogens with zero attached hydrogens (tertiary/aromatic N) is 1. The molecule has 5 nitrogen and oxygen atoms in total. The monoisotopic (exact) mass is 327 g/mol. The number of carbonyl (C=O) groups excluding carboxylic acids is 2. The highest BCUT2D eigenvalue weighted by molar-refractivity contribution is 5.97. The van der Waals surface area contributed by atoms with E-state index in [2.05, 4.69) is 15.6 Å². The Morgan fingerprint density at radius 2 is 2.17 bits per heavy atom. The predicted molar refractivity (Wildman–Crippen MR) is 86.9 cm³/mol. The number of amides is 2. The van der Waals surface area contributed by atoms with Crippen LogP contribution in [0.5, 0.6) is 0 Å². The number of nitrogens with one attached hydrogen (secondary N) is 2. The molecular formula is C18H18FN3O2. The fraction of sp³-hybridized carbons (Fsp3) is 0.278. The number of carbonyl (C=O) groups is 2. The van der Waals surface area contributed by atoms with Crippen LogP contribution < -0.4 is 10.6 Å². The van der Waals surface area contributed by atoms with E-state index in [1.54, 1.807) is 18.3 Å². The molecule has 2 amide bonds. The van der Waals surface area contributed by atoms with Crippen molar-refractivity contribution >= 4 is 11.8 Å². The second kappa shape index (κ2) is 7.21. The summed E-state index contributed by atoms with van der Waals surface area (Å²) in [6.07, 6.45) is 5.07. The molecule has 0 unspecified atom stereocenters. The molecule has 0 bridgehead atoms. The van der Waals surface area contributed by atoms with Crippen molar-refractivity contribution in [2.45, 2.75) is 25.3 Å². The van der Waals surface area contributed by atoms with E-state index in [4.69, 9.17) is 0 Å². The van der Waals surface area contributed by atoms with Gasteiger partial charge in [0.2, 0.25) is 5.91 Å². The van der Waals surface area contributed by atoms with Gasteiger partial charge in [-0.25, -0.2) is 4.39 Å². The average molecular weight is 327 g/mol. The van der Waals surface area contributed by atoms with Crippen molar-refractivity contribution in [3.63, 3.8) is 0 Å². The van der Waals surface area contributed by atoms with Crippen LogP contribution in [-0.4, -0.2) is 29.4 Å². The van der Waals surface area contributed by atoms with Gasteiger partial charge in [0.15, 0.2) is 0 Å². The molecule has 2 heterocycles. The summed E-state index contributed by atoms with van der Waals surface area (Å²) in [5.41, 5.74) is 2.00. The van der Waals surface area contributed by atoms with E-state index in [0.717, 1.165) is 17.5 Å². The molecule has 1 aromatic carbocycles. The smallest absolute Gasteiger partial charge is 0.253 e. The zero-order valence-electron chi connectivity index (χ0n) is 13.1. The van der Waals surface area contributed by atoms with Gasteiger partial charge in [0.1, 0.15) is 11.9 Å². The molecule has 0 saturated carbocycles. The Kier molecular flexibility index (Phi) is 4.84. The number of pyridine rings is 1. The minimum absolute atomic E-state index is 0.154. The Labute approximate surface area is 139 Å². The second-order valence-electron chi connectivity index (χ2n) is 5.85. The van der Waals surface area contributed by atoms with Crippen LogP contribution in [0.15, 0.2) is 42.7 Å². The molecule has 0 radical (unpaired) electrons. The Morgan fingerprint density at radius 3 is 2.96 bits per heavy atom. The fourth-order valence-electron chi connectivity index (χ4n) is 2.74. The van der Waals surface area contributed by atoms with Gasteiger partial charge in [0, 0.05) is 18.9 Å². The van der Waals surface area contributed by atoms with Crippen LogP contribution in [0.3, 0.4) is 0 Å². The lowest BCUT2D eigenvalue weighted by atomic mass is 10.0. The summed E-state index contributed by atoms with van der Waals surface area (Å²) in [6, 6.07) is 7.53. The first-order valence-corrected chi connectivity index (χ1v) is 7.89. The Morgan fingerprint density at radius 1 is 1.29 bits per heavy atom. The first-order chi connectivity index (χ1) is 11.6. The van der Waals surface area contributed by atoms with Crippen LogP contribution in [0.1, 0.15) is 34.3 Å². The van der Waals surface area contributed by atoms with Gasteiger partial charge in [-0.05, 0) is 48.6 Å². The topological polar surface area (TPSA) is 71.1 Å². The standard InChI is InChI=1S/C18H18FN3O2/c19-15-4-1-3-12(9-15)7-13-8-14(11-20-10-13)17(23)22-16-5-2-6-21-18(16)24/h1,3-4,8-11,16H,2,5-7H2,(H,21,24)(H,22,23)/t16-/m1/s1. The van der Waals surface area contributed by atoms with Crippen LogP contribution >= 0.6 is 0 Å². The summed E-state index contributed by atoms with van der Waals surface area (Å²) >= 11 is 0. The van der Waals surface area contributed by atoms with Crippen molar-refractivity contribution < 1.29 is 14.0 Å². The van der Waals surface area contributed by atoms with Crippen LogP contribution in [0.25, 0.3) is 0 Å². The Balaban J connectivity index is 1.70. The molecule has 0 aliphatic carbocycles. The van der Waals surface area contributed by atoms with E-state index >= 15 is 0 Å². The number of rotatable bonds is 4. The Hall–Kier alpha value is -2.76. The van der Waals surface area contributed by atoms with E-state index in [9.17, 15) is 14.0 Å². The van der Waals surface area contributed by atoms with Crippen molar-refractivity contribution in [1.29, 1.82) is 0 Å². The highest BCUT2D eigenvalue weighted by Gasteiger charge is 2.24. The number of hydrogen-bond acceptors (Lipinski definition) is 3. The summed E-state index contributed by atoms with van der Waals surface area (Å²) in [5.74, 6) is -0.776. The highest BCUT2D eigenvalue weighted by Crippen LogP contribution is 2.12. The Bertz CT molecular complexity index is 763. The van der Waals surface area contributed by atoms with Crippen molar-refractivity contribution in [2.75, 3.05) is 6.54 Å². The number of piperidine rings is 1. The van der Waals surface area contributed by atoms with E-state index in [1.165, 1.54) is 18.3 Å². The van der Waals surface area contributed by atoms with Gasteiger partial charge in [-0.3, -0.25) is 14.6 Å². The van der Waals surface area contributed by atoms with E-state index in [1.807, 2.05) is 6.07 Å². The second-order valence-corrected chi connectivity index (χ2v) is 5.85.